The zero-order valence-electron chi connectivity index (χ0n) is 12.7. The summed E-state index contributed by atoms with van der Waals surface area (Å²) in [5.41, 5.74) is 2.51. The van der Waals surface area contributed by atoms with E-state index in [1.54, 1.807) is 7.11 Å². The standard InChI is InChI=1S/C16H23N3O/c1-16(2)14(9-15(16)20-4)17-10-12-11-7-5-6-8-13(11)19(3)18-12/h5-8,14-15,17H,9-10H2,1-4H3. The lowest BCUT2D eigenvalue weighted by Gasteiger charge is -2.51. The molecular formula is C16H23N3O. The number of aryl methyl sites for hydroxylation is 1. The summed E-state index contributed by atoms with van der Waals surface area (Å²) in [4.78, 5) is 0. The molecule has 4 nitrogen and oxygen atoms in total. The maximum Gasteiger partial charge on any atom is 0.0841 e. The summed E-state index contributed by atoms with van der Waals surface area (Å²) in [5, 5.41) is 9.51. The van der Waals surface area contributed by atoms with Gasteiger partial charge in [-0.3, -0.25) is 4.68 Å². The van der Waals surface area contributed by atoms with Gasteiger partial charge >= 0.3 is 0 Å². The van der Waals surface area contributed by atoms with Gasteiger partial charge in [0.2, 0.25) is 0 Å². The fourth-order valence-electron chi connectivity index (χ4n) is 3.27. The molecule has 2 aromatic rings. The number of hydrogen-bond acceptors (Lipinski definition) is 3. The van der Waals surface area contributed by atoms with E-state index in [0.29, 0.717) is 12.1 Å². The lowest BCUT2D eigenvalue weighted by atomic mass is 9.64. The van der Waals surface area contributed by atoms with E-state index in [4.69, 9.17) is 4.74 Å². The number of nitrogens with one attached hydrogen (secondary N) is 1. The Hall–Kier alpha value is -1.39. The Bertz CT molecular complexity index is 617. The van der Waals surface area contributed by atoms with Crippen LogP contribution < -0.4 is 5.32 Å². The predicted octanol–water partition coefficient (Wildman–Crippen LogP) is 2.48. The lowest BCUT2D eigenvalue weighted by molar-refractivity contribution is -0.0979. The number of methoxy groups -OCH3 is 1. The van der Waals surface area contributed by atoms with Crippen molar-refractivity contribution in [2.75, 3.05) is 7.11 Å². The lowest BCUT2D eigenvalue weighted by Crippen LogP contribution is -2.60. The molecule has 1 aliphatic carbocycles. The normalized spacial score (nSPS) is 24.8. The van der Waals surface area contributed by atoms with Crippen molar-refractivity contribution in [3.63, 3.8) is 0 Å². The third kappa shape index (κ3) is 2.03. The maximum absolute atomic E-state index is 5.50. The molecule has 108 valence electrons. The van der Waals surface area contributed by atoms with E-state index in [9.17, 15) is 0 Å². The summed E-state index contributed by atoms with van der Waals surface area (Å²) < 4.78 is 7.45. The van der Waals surface area contributed by atoms with Crippen molar-refractivity contribution in [3.8, 4) is 0 Å². The van der Waals surface area contributed by atoms with Crippen molar-refractivity contribution in [2.45, 2.75) is 39.0 Å². The van der Waals surface area contributed by atoms with Gasteiger partial charge in [-0.15, -0.1) is 0 Å². The minimum atomic E-state index is 0.194. The molecule has 2 unspecified atom stereocenters. The molecule has 20 heavy (non-hydrogen) atoms. The first kappa shape index (κ1) is 13.6. The minimum Gasteiger partial charge on any atom is -0.381 e. The van der Waals surface area contributed by atoms with Crippen LogP contribution in [0.25, 0.3) is 10.9 Å². The van der Waals surface area contributed by atoms with E-state index in [0.717, 1.165) is 18.7 Å². The predicted molar refractivity (Wildman–Crippen MR) is 80.5 cm³/mol. The summed E-state index contributed by atoms with van der Waals surface area (Å²) in [6.45, 7) is 5.34. The Morgan fingerprint density at radius 3 is 2.85 bits per heavy atom. The van der Waals surface area contributed by atoms with Gasteiger partial charge in [0.15, 0.2) is 0 Å². The van der Waals surface area contributed by atoms with Gasteiger partial charge in [0.25, 0.3) is 0 Å². The third-order valence-electron chi connectivity index (χ3n) is 4.81. The minimum absolute atomic E-state index is 0.194. The van der Waals surface area contributed by atoms with Crippen LogP contribution in [0.1, 0.15) is 26.0 Å². The topological polar surface area (TPSA) is 39.1 Å². The van der Waals surface area contributed by atoms with Crippen LogP contribution in [0, 0.1) is 5.41 Å². The van der Waals surface area contributed by atoms with Crippen LogP contribution >= 0.6 is 0 Å². The molecule has 1 fully saturated rings. The zero-order chi connectivity index (χ0) is 14.3. The highest BCUT2D eigenvalue weighted by atomic mass is 16.5. The second kappa shape index (κ2) is 4.86. The number of para-hydroxylation sites is 1. The first-order valence-corrected chi connectivity index (χ1v) is 7.21. The van der Waals surface area contributed by atoms with Crippen LogP contribution in [-0.2, 0) is 18.3 Å². The molecule has 1 aliphatic rings. The molecule has 0 radical (unpaired) electrons. The highest BCUT2D eigenvalue weighted by Crippen LogP contribution is 2.42. The molecule has 0 saturated heterocycles. The van der Waals surface area contributed by atoms with Crippen LogP contribution in [0.3, 0.4) is 0 Å². The SMILES string of the molecule is COC1CC(NCc2nn(C)c3ccccc23)C1(C)C. The molecule has 1 saturated carbocycles. The van der Waals surface area contributed by atoms with Gasteiger partial charge in [0, 0.05) is 37.5 Å². The average molecular weight is 273 g/mol. The summed E-state index contributed by atoms with van der Waals surface area (Å²) in [6.07, 6.45) is 1.44. The van der Waals surface area contributed by atoms with Crippen LogP contribution in [-0.4, -0.2) is 29.0 Å². The number of hydrogen-bond donors (Lipinski definition) is 1. The molecule has 1 N–H and O–H groups in total. The van der Waals surface area contributed by atoms with E-state index >= 15 is 0 Å². The van der Waals surface area contributed by atoms with Crippen LogP contribution in [0.15, 0.2) is 24.3 Å². The molecule has 4 heteroatoms. The molecule has 0 spiro atoms. The molecule has 1 aromatic heterocycles. The second-order valence-electron chi connectivity index (χ2n) is 6.30. The number of ether oxygens (including phenoxy) is 1. The fourth-order valence-corrected chi connectivity index (χ4v) is 3.27. The smallest absolute Gasteiger partial charge is 0.0841 e. The van der Waals surface area contributed by atoms with E-state index in [2.05, 4.69) is 48.5 Å². The van der Waals surface area contributed by atoms with Gasteiger partial charge in [-0.1, -0.05) is 32.0 Å². The van der Waals surface area contributed by atoms with Crippen molar-refractivity contribution < 1.29 is 4.74 Å². The third-order valence-corrected chi connectivity index (χ3v) is 4.81. The Balaban J connectivity index is 1.73. The van der Waals surface area contributed by atoms with Crippen molar-refractivity contribution in [1.29, 1.82) is 0 Å². The Labute approximate surface area is 120 Å². The number of rotatable bonds is 4. The van der Waals surface area contributed by atoms with Gasteiger partial charge < -0.3 is 10.1 Å². The Kier molecular flexibility index (Phi) is 3.30. The summed E-state index contributed by atoms with van der Waals surface area (Å²) in [7, 11) is 3.80. The van der Waals surface area contributed by atoms with Crippen LogP contribution in [0.2, 0.25) is 0 Å². The Morgan fingerprint density at radius 1 is 1.40 bits per heavy atom. The highest BCUT2D eigenvalue weighted by Gasteiger charge is 2.48. The van der Waals surface area contributed by atoms with E-state index < -0.39 is 0 Å². The molecular weight excluding hydrogens is 250 g/mol. The van der Waals surface area contributed by atoms with Crippen LogP contribution in [0.4, 0.5) is 0 Å². The Morgan fingerprint density at radius 2 is 2.15 bits per heavy atom. The van der Waals surface area contributed by atoms with Crippen molar-refractivity contribution in [2.24, 2.45) is 12.5 Å². The number of aromatic nitrogens is 2. The van der Waals surface area contributed by atoms with Gasteiger partial charge in [-0.25, -0.2) is 0 Å². The second-order valence-corrected chi connectivity index (χ2v) is 6.30. The molecule has 1 aromatic carbocycles. The summed E-state index contributed by atoms with van der Waals surface area (Å²) >= 11 is 0. The van der Waals surface area contributed by atoms with E-state index in [-0.39, 0.29) is 5.41 Å². The average Bonchev–Trinajstić information content (AvgIpc) is 2.75. The van der Waals surface area contributed by atoms with Crippen molar-refractivity contribution in [1.82, 2.24) is 15.1 Å². The monoisotopic (exact) mass is 273 g/mol. The van der Waals surface area contributed by atoms with Crippen molar-refractivity contribution >= 4 is 10.9 Å². The first-order valence-electron chi connectivity index (χ1n) is 7.21. The van der Waals surface area contributed by atoms with Crippen molar-refractivity contribution in [3.05, 3.63) is 30.0 Å². The molecule has 3 rings (SSSR count). The summed E-state index contributed by atoms with van der Waals surface area (Å²) in [6, 6.07) is 8.87. The zero-order valence-corrected chi connectivity index (χ0v) is 12.7. The van der Waals surface area contributed by atoms with Gasteiger partial charge in [-0.2, -0.15) is 5.10 Å². The van der Waals surface area contributed by atoms with Gasteiger partial charge in [0.05, 0.1) is 17.3 Å². The first-order chi connectivity index (χ1) is 9.54. The van der Waals surface area contributed by atoms with Gasteiger partial charge in [-0.05, 0) is 12.5 Å². The number of nitrogens with zero attached hydrogens (tertiary/aromatic N) is 2. The molecule has 1 heterocycles. The van der Waals surface area contributed by atoms with Crippen LogP contribution in [0.5, 0.6) is 0 Å². The fraction of sp³-hybridized carbons (Fsp3) is 0.562. The maximum atomic E-state index is 5.50. The quantitative estimate of drug-likeness (QED) is 0.930. The molecule has 0 amide bonds. The summed E-state index contributed by atoms with van der Waals surface area (Å²) in [5.74, 6) is 0. The van der Waals surface area contributed by atoms with E-state index in [1.807, 2.05) is 11.7 Å². The van der Waals surface area contributed by atoms with E-state index in [1.165, 1.54) is 10.9 Å². The molecule has 0 aliphatic heterocycles. The largest absolute Gasteiger partial charge is 0.381 e. The molecule has 2 atom stereocenters. The highest BCUT2D eigenvalue weighted by molar-refractivity contribution is 5.81. The molecule has 0 bridgehead atoms. The van der Waals surface area contributed by atoms with Gasteiger partial charge in [0.1, 0.15) is 0 Å². The number of fused-ring (bicyclic) bond motifs is 1. The number of benzene rings is 1.